The van der Waals surface area contributed by atoms with Crippen molar-refractivity contribution < 1.29 is 14.2 Å². The van der Waals surface area contributed by atoms with Crippen LogP contribution in [0.4, 0.5) is 0 Å². The molecule has 1 aliphatic rings. The van der Waals surface area contributed by atoms with E-state index in [2.05, 4.69) is 23.8 Å². The first-order valence-electron chi connectivity index (χ1n) is 9.97. The summed E-state index contributed by atoms with van der Waals surface area (Å²) in [7, 11) is 1.65. The van der Waals surface area contributed by atoms with Gasteiger partial charge in [0.15, 0.2) is 11.5 Å². The fraction of sp³-hybridized carbons (Fsp3) is 0.375. The van der Waals surface area contributed by atoms with Crippen LogP contribution in [0.1, 0.15) is 33.6 Å². The lowest BCUT2D eigenvalue weighted by atomic mass is 10.0. The van der Waals surface area contributed by atoms with Crippen molar-refractivity contribution in [3.63, 3.8) is 0 Å². The van der Waals surface area contributed by atoms with Gasteiger partial charge in [0.2, 0.25) is 0 Å². The van der Waals surface area contributed by atoms with E-state index in [1.165, 1.54) is 6.20 Å². The van der Waals surface area contributed by atoms with E-state index in [1.807, 2.05) is 62.6 Å². The highest BCUT2D eigenvalue weighted by atomic mass is 16.5. The predicted octanol–water partition coefficient (Wildman–Crippen LogP) is 5.34. The number of hydrogen-bond donors (Lipinski definition) is 1. The fourth-order valence-electron chi connectivity index (χ4n) is 2.39. The minimum atomic E-state index is 0.445. The molecule has 0 unspecified atom stereocenters. The second-order valence-electron chi connectivity index (χ2n) is 6.21. The van der Waals surface area contributed by atoms with Crippen LogP contribution in [0.25, 0.3) is 0 Å². The molecule has 0 atom stereocenters. The molecule has 0 aliphatic heterocycles. The summed E-state index contributed by atoms with van der Waals surface area (Å²) in [6, 6.07) is 0. The molecule has 1 rings (SSSR count). The summed E-state index contributed by atoms with van der Waals surface area (Å²) in [6.45, 7) is 11.4. The molecular formula is C24H34N2O3. The Morgan fingerprint density at radius 1 is 1.07 bits per heavy atom. The lowest BCUT2D eigenvalue weighted by molar-refractivity contribution is 0.0950. The number of allylic oxidation sites excluding steroid dienone is 9. The SMILES string of the molecule is C=C/N=C1/C=C(OCCCC)C(OCCOC)=C/C1=C(/C)N/C=C/C=C\C=C/C. The van der Waals surface area contributed by atoms with Crippen molar-refractivity contribution in [2.24, 2.45) is 4.99 Å². The highest BCUT2D eigenvalue weighted by Crippen LogP contribution is 2.25. The molecule has 158 valence electrons. The van der Waals surface area contributed by atoms with Crippen LogP contribution in [-0.4, -0.2) is 32.6 Å². The number of rotatable bonds is 13. The van der Waals surface area contributed by atoms with Gasteiger partial charge < -0.3 is 19.5 Å². The van der Waals surface area contributed by atoms with Gasteiger partial charge in [-0.3, -0.25) is 4.99 Å². The molecule has 0 aromatic carbocycles. The van der Waals surface area contributed by atoms with Crippen LogP contribution in [0.15, 0.2) is 89.3 Å². The van der Waals surface area contributed by atoms with E-state index in [9.17, 15) is 0 Å². The largest absolute Gasteiger partial charge is 0.490 e. The predicted molar refractivity (Wildman–Crippen MR) is 121 cm³/mol. The van der Waals surface area contributed by atoms with Crippen LogP contribution in [0.3, 0.4) is 0 Å². The van der Waals surface area contributed by atoms with E-state index in [0.717, 1.165) is 29.8 Å². The van der Waals surface area contributed by atoms with Gasteiger partial charge in [-0.2, -0.15) is 0 Å². The molecule has 0 radical (unpaired) electrons. The highest BCUT2D eigenvalue weighted by molar-refractivity contribution is 6.12. The fourth-order valence-corrected chi connectivity index (χ4v) is 2.39. The van der Waals surface area contributed by atoms with Gasteiger partial charge in [0, 0.05) is 36.9 Å². The standard InChI is InChI=1S/C24H34N2O3/c1-6-9-11-12-13-14-26-20(4)21-18-23(29-17-16-27-5)24(28-15-10-7-2)19-22(21)25-8-3/h6,8-9,11-14,18-19,26H,3,7,10,15-17H2,1-2,4-5H3/b9-6-,12-11-,14-13+,21-20+,25-22-. The molecule has 29 heavy (non-hydrogen) atoms. The number of methoxy groups -OCH3 is 1. The first-order chi connectivity index (χ1) is 14.2. The maximum Gasteiger partial charge on any atom is 0.163 e. The smallest absolute Gasteiger partial charge is 0.163 e. The maximum absolute atomic E-state index is 5.95. The molecule has 0 fully saturated rings. The lowest BCUT2D eigenvalue weighted by Gasteiger charge is -2.21. The first kappa shape index (κ1) is 24.2. The van der Waals surface area contributed by atoms with E-state index in [-0.39, 0.29) is 0 Å². The van der Waals surface area contributed by atoms with Crippen LogP contribution in [-0.2, 0) is 14.2 Å². The molecule has 0 aromatic rings. The second kappa shape index (κ2) is 15.2. The normalized spacial score (nSPS) is 17.7. The van der Waals surface area contributed by atoms with Gasteiger partial charge in [-0.05, 0) is 32.4 Å². The summed E-state index contributed by atoms with van der Waals surface area (Å²) in [5, 5.41) is 3.29. The number of unbranched alkanes of at least 4 members (excludes halogenated alkanes) is 1. The average Bonchev–Trinajstić information content (AvgIpc) is 2.72. The van der Waals surface area contributed by atoms with Crippen molar-refractivity contribution in [3.05, 3.63) is 84.3 Å². The Morgan fingerprint density at radius 3 is 2.48 bits per heavy atom. The van der Waals surface area contributed by atoms with Crippen molar-refractivity contribution in [1.29, 1.82) is 0 Å². The van der Waals surface area contributed by atoms with Crippen LogP contribution in [0.2, 0.25) is 0 Å². The molecule has 0 spiro atoms. The van der Waals surface area contributed by atoms with Gasteiger partial charge in [-0.15, -0.1) is 0 Å². The number of hydrogen-bond acceptors (Lipinski definition) is 5. The highest BCUT2D eigenvalue weighted by Gasteiger charge is 2.20. The zero-order chi connectivity index (χ0) is 21.3. The van der Waals surface area contributed by atoms with Gasteiger partial charge in [0.25, 0.3) is 0 Å². The molecule has 0 bridgehead atoms. The van der Waals surface area contributed by atoms with Gasteiger partial charge in [0.05, 0.1) is 18.9 Å². The topological polar surface area (TPSA) is 52.1 Å². The molecule has 1 N–H and O–H groups in total. The molecule has 0 aromatic heterocycles. The Morgan fingerprint density at radius 2 is 1.79 bits per heavy atom. The zero-order valence-corrected chi connectivity index (χ0v) is 18.1. The molecule has 5 nitrogen and oxygen atoms in total. The van der Waals surface area contributed by atoms with Crippen molar-refractivity contribution in [1.82, 2.24) is 5.32 Å². The minimum absolute atomic E-state index is 0.445. The molecule has 1 aliphatic carbocycles. The Bertz CT molecular complexity index is 722. The van der Waals surface area contributed by atoms with E-state index in [0.29, 0.717) is 31.3 Å². The summed E-state index contributed by atoms with van der Waals surface area (Å²) >= 11 is 0. The minimum Gasteiger partial charge on any atom is -0.490 e. The molecule has 0 heterocycles. The van der Waals surface area contributed by atoms with Crippen LogP contribution < -0.4 is 5.32 Å². The molecule has 0 amide bonds. The van der Waals surface area contributed by atoms with E-state index in [4.69, 9.17) is 14.2 Å². The van der Waals surface area contributed by atoms with Crippen molar-refractivity contribution in [2.75, 3.05) is 26.9 Å². The quantitative estimate of drug-likeness (QED) is 0.336. The van der Waals surface area contributed by atoms with Crippen LogP contribution >= 0.6 is 0 Å². The average molecular weight is 399 g/mol. The number of aliphatic imine (C=N–C) groups is 1. The van der Waals surface area contributed by atoms with Crippen molar-refractivity contribution in [3.8, 4) is 0 Å². The summed E-state index contributed by atoms with van der Waals surface area (Å²) in [4.78, 5) is 4.42. The first-order valence-corrected chi connectivity index (χ1v) is 9.97. The Kier molecular flexibility index (Phi) is 12.7. The third kappa shape index (κ3) is 9.30. The van der Waals surface area contributed by atoms with Crippen molar-refractivity contribution >= 4 is 5.71 Å². The number of nitrogens with one attached hydrogen (secondary N) is 1. The summed E-state index contributed by atoms with van der Waals surface area (Å²) in [6.07, 6.45) is 19.1. The third-order valence-electron chi connectivity index (χ3n) is 3.92. The van der Waals surface area contributed by atoms with E-state index < -0.39 is 0 Å². The number of ether oxygens (including phenoxy) is 3. The summed E-state index contributed by atoms with van der Waals surface area (Å²) in [5.74, 6) is 1.35. The van der Waals surface area contributed by atoms with Gasteiger partial charge in [-0.25, -0.2) is 0 Å². The molecular weight excluding hydrogens is 364 g/mol. The van der Waals surface area contributed by atoms with Crippen LogP contribution in [0.5, 0.6) is 0 Å². The molecule has 0 saturated heterocycles. The Hall–Kier alpha value is -2.79. The molecule has 5 heteroatoms. The van der Waals surface area contributed by atoms with Gasteiger partial charge in [0.1, 0.15) is 6.61 Å². The molecule has 0 saturated carbocycles. The second-order valence-corrected chi connectivity index (χ2v) is 6.21. The van der Waals surface area contributed by atoms with Crippen molar-refractivity contribution in [2.45, 2.75) is 33.6 Å². The summed E-state index contributed by atoms with van der Waals surface area (Å²) < 4.78 is 17.0. The Balaban J connectivity index is 3.11. The maximum atomic E-state index is 5.95. The van der Waals surface area contributed by atoms with Crippen LogP contribution in [0, 0.1) is 0 Å². The summed E-state index contributed by atoms with van der Waals surface area (Å²) in [5.41, 5.74) is 2.63. The number of nitrogens with zero attached hydrogens (tertiary/aromatic N) is 1. The zero-order valence-electron chi connectivity index (χ0n) is 18.1. The van der Waals surface area contributed by atoms with E-state index in [1.54, 1.807) is 7.11 Å². The third-order valence-corrected chi connectivity index (χ3v) is 3.92. The van der Waals surface area contributed by atoms with E-state index >= 15 is 0 Å². The lowest BCUT2D eigenvalue weighted by Crippen LogP contribution is -2.17. The van der Waals surface area contributed by atoms with Gasteiger partial charge >= 0.3 is 0 Å². The monoisotopic (exact) mass is 398 g/mol. The Labute approximate surface area is 175 Å². The van der Waals surface area contributed by atoms with Gasteiger partial charge in [-0.1, -0.05) is 44.2 Å².